The minimum absolute atomic E-state index is 0.00782. The second-order valence-corrected chi connectivity index (χ2v) is 8.80. The highest BCUT2D eigenvalue weighted by Crippen LogP contribution is 2.36. The normalized spacial score (nSPS) is 14.8. The van der Waals surface area contributed by atoms with Crippen LogP contribution in [0.25, 0.3) is 0 Å². The molecule has 0 aliphatic heterocycles. The maximum Gasteiger partial charge on any atom is 0.337 e. The van der Waals surface area contributed by atoms with Crippen LogP contribution in [0.15, 0.2) is 40.6 Å². The van der Waals surface area contributed by atoms with E-state index in [1.807, 2.05) is 17.5 Å². The second-order valence-electron chi connectivity index (χ2n) is 5.50. The van der Waals surface area contributed by atoms with E-state index in [1.165, 1.54) is 41.0 Å². The fourth-order valence-corrected chi connectivity index (χ4v) is 5.38. The van der Waals surface area contributed by atoms with Gasteiger partial charge in [-0.2, -0.15) is 4.31 Å². The first-order chi connectivity index (χ1) is 11.4. The van der Waals surface area contributed by atoms with E-state index in [0.717, 1.165) is 17.7 Å². The van der Waals surface area contributed by atoms with Crippen molar-refractivity contribution in [1.82, 2.24) is 4.31 Å². The number of sulfonamides is 1. The largest absolute Gasteiger partial charge is 0.465 e. The summed E-state index contributed by atoms with van der Waals surface area (Å²) in [7, 11) is -2.48. The summed E-state index contributed by atoms with van der Waals surface area (Å²) in [5, 5.41) is 1.94. The predicted molar refractivity (Wildman–Crippen MR) is 92.9 cm³/mol. The molecule has 1 aromatic heterocycles. The second kappa shape index (κ2) is 6.84. The smallest absolute Gasteiger partial charge is 0.337 e. The fraction of sp³-hybridized carbons (Fsp3) is 0.312. The van der Waals surface area contributed by atoms with Gasteiger partial charge in [0, 0.05) is 17.5 Å². The van der Waals surface area contributed by atoms with Crippen LogP contribution in [0, 0.1) is 0 Å². The van der Waals surface area contributed by atoms with Gasteiger partial charge < -0.3 is 4.74 Å². The van der Waals surface area contributed by atoms with Crippen molar-refractivity contribution in [1.29, 1.82) is 0 Å². The first kappa shape index (κ1) is 17.4. The number of ether oxygens (including phenoxy) is 1. The summed E-state index contributed by atoms with van der Waals surface area (Å²) in [5.74, 6) is -0.557. The Hall–Kier alpha value is -1.41. The van der Waals surface area contributed by atoms with Crippen molar-refractivity contribution < 1.29 is 17.9 Å². The van der Waals surface area contributed by atoms with Gasteiger partial charge >= 0.3 is 5.97 Å². The Morgan fingerprint density at radius 3 is 2.67 bits per heavy atom. The fourth-order valence-electron chi connectivity index (χ4n) is 2.41. The van der Waals surface area contributed by atoms with Gasteiger partial charge in [-0.25, -0.2) is 13.2 Å². The van der Waals surface area contributed by atoms with Gasteiger partial charge in [-0.1, -0.05) is 17.7 Å². The Balaban J connectivity index is 1.94. The molecule has 24 heavy (non-hydrogen) atoms. The van der Waals surface area contributed by atoms with Crippen LogP contribution in [0.4, 0.5) is 0 Å². The molecule has 0 saturated heterocycles. The quantitative estimate of drug-likeness (QED) is 0.713. The summed E-state index contributed by atoms with van der Waals surface area (Å²) in [6, 6.07) is 7.94. The van der Waals surface area contributed by atoms with Crippen LogP contribution < -0.4 is 0 Å². The minimum Gasteiger partial charge on any atom is -0.465 e. The van der Waals surface area contributed by atoms with Crippen molar-refractivity contribution >= 4 is 38.9 Å². The van der Waals surface area contributed by atoms with Crippen molar-refractivity contribution in [2.24, 2.45) is 0 Å². The Morgan fingerprint density at radius 2 is 2.12 bits per heavy atom. The molecule has 1 heterocycles. The summed E-state index contributed by atoms with van der Waals surface area (Å²) in [6.07, 6.45) is 1.70. The lowest BCUT2D eigenvalue weighted by Crippen LogP contribution is -2.32. The lowest BCUT2D eigenvalue weighted by Gasteiger charge is -2.22. The lowest BCUT2D eigenvalue weighted by molar-refractivity contribution is 0.0600. The summed E-state index contributed by atoms with van der Waals surface area (Å²) >= 11 is 7.68. The third kappa shape index (κ3) is 3.49. The first-order valence-corrected chi connectivity index (χ1v) is 10.1. The van der Waals surface area contributed by atoms with Crippen LogP contribution in [0.3, 0.4) is 0 Å². The highest BCUT2D eigenvalue weighted by atomic mass is 35.5. The SMILES string of the molecule is COC(=O)c1ccc(S(=O)(=O)N(Cc2cccs2)C2CC2)c(Cl)c1. The number of hydrogen-bond acceptors (Lipinski definition) is 5. The standard InChI is InChI=1S/C16H16ClNO4S2/c1-22-16(19)11-4-7-15(14(17)9-11)24(20,21)18(12-5-6-12)10-13-3-2-8-23-13/h2-4,7-9,12H,5-6,10H2,1H3. The number of carbonyl (C=O) groups is 1. The average Bonchev–Trinajstić information content (AvgIpc) is 3.26. The molecular weight excluding hydrogens is 370 g/mol. The van der Waals surface area contributed by atoms with E-state index in [9.17, 15) is 13.2 Å². The number of esters is 1. The van der Waals surface area contributed by atoms with Crippen molar-refractivity contribution in [3.63, 3.8) is 0 Å². The highest BCUT2D eigenvalue weighted by molar-refractivity contribution is 7.89. The Bertz CT molecular complexity index is 845. The van der Waals surface area contributed by atoms with E-state index in [1.54, 1.807) is 0 Å². The zero-order valence-electron chi connectivity index (χ0n) is 12.9. The number of benzene rings is 1. The third-order valence-electron chi connectivity index (χ3n) is 3.79. The van der Waals surface area contributed by atoms with Gasteiger partial charge in [-0.3, -0.25) is 0 Å². The highest BCUT2D eigenvalue weighted by Gasteiger charge is 2.39. The molecule has 5 nitrogen and oxygen atoms in total. The molecule has 128 valence electrons. The molecule has 1 fully saturated rings. The number of carbonyl (C=O) groups excluding carboxylic acids is 1. The van der Waals surface area contributed by atoms with Gasteiger partial charge in [0.05, 0.1) is 17.7 Å². The van der Waals surface area contributed by atoms with E-state index in [0.29, 0.717) is 6.54 Å². The third-order valence-corrected chi connectivity index (χ3v) is 7.03. The van der Waals surface area contributed by atoms with Gasteiger partial charge in [0.2, 0.25) is 10.0 Å². The maximum absolute atomic E-state index is 13.0. The lowest BCUT2D eigenvalue weighted by atomic mass is 10.2. The molecule has 0 bridgehead atoms. The number of thiophene rings is 1. The predicted octanol–water partition coefficient (Wildman–Crippen LogP) is 3.54. The van der Waals surface area contributed by atoms with E-state index >= 15 is 0 Å². The molecule has 1 aliphatic carbocycles. The number of methoxy groups -OCH3 is 1. The van der Waals surface area contributed by atoms with Gasteiger partial charge in [-0.05, 0) is 42.5 Å². The minimum atomic E-state index is -3.74. The summed E-state index contributed by atoms with van der Waals surface area (Å²) in [5.41, 5.74) is 0.220. The topological polar surface area (TPSA) is 63.7 Å². The van der Waals surface area contributed by atoms with Gasteiger partial charge in [0.25, 0.3) is 0 Å². The summed E-state index contributed by atoms with van der Waals surface area (Å²) < 4.78 is 32.2. The van der Waals surface area contributed by atoms with Crippen molar-refractivity contribution in [3.05, 3.63) is 51.2 Å². The van der Waals surface area contributed by atoms with E-state index in [2.05, 4.69) is 4.74 Å². The molecule has 0 unspecified atom stereocenters. The Kier molecular flexibility index (Phi) is 4.96. The van der Waals surface area contributed by atoms with Crippen molar-refractivity contribution in [3.8, 4) is 0 Å². The monoisotopic (exact) mass is 385 g/mol. The van der Waals surface area contributed by atoms with E-state index in [4.69, 9.17) is 11.6 Å². The van der Waals surface area contributed by atoms with Gasteiger partial charge in [0.15, 0.2) is 0 Å². The van der Waals surface area contributed by atoms with Crippen molar-refractivity contribution in [2.45, 2.75) is 30.3 Å². The van der Waals surface area contributed by atoms with Crippen LogP contribution >= 0.6 is 22.9 Å². The van der Waals surface area contributed by atoms with Gasteiger partial charge in [0.1, 0.15) is 4.90 Å². The molecule has 0 N–H and O–H groups in total. The number of rotatable bonds is 6. The average molecular weight is 386 g/mol. The molecule has 1 saturated carbocycles. The molecule has 2 aromatic rings. The van der Waals surface area contributed by atoms with Gasteiger partial charge in [-0.15, -0.1) is 11.3 Å². The van der Waals surface area contributed by atoms with E-state index < -0.39 is 16.0 Å². The molecule has 8 heteroatoms. The zero-order chi connectivity index (χ0) is 17.3. The molecule has 3 rings (SSSR count). The van der Waals surface area contributed by atoms with Crippen LogP contribution in [0.1, 0.15) is 28.1 Å². The summed E-state index contributed by atoms with van der Waals surface area (Å²) in [4.78, 5) is 12.5. The van der Waals surface area contributed by atoms with Crippen LogP contribution in [0.5, 0.6) is 0 Å². The molecular formula is C16H16ClNO4S2. The summed E-state index contributed by atoms with van der Waals surface area (Å²) in [6.45, 7) is 0.333. The van der Waals surface area contributed by atoms with Crippen LogP contribution in [0.2, 0.25) is 5.02 Å². The molecule has 1 aliphatic rings. The molecule has 0 radical (unpaired) electrons. The number of hydrogen-bond donors (Lipinski definition) is 0. The Labute approximate surface area is 149 Å². The van der Waals surface area contributed by atoms with E-state index in [-0.39, 0.29) is 21.5 Å². The molecule has 0 atom stereocenters. The number of halogens is 1. The first-order valence-electron chi connectivity index (χ1n) is 7.35. The zero-order valence-corrected chi connectivity index (χ0v) is 15.3. The molecule has 0 spiro atoms. The maximum atomic E-state index is 13.0. The number of nitrogens with zero attached hydrogens (tertiary/aromatic N) is 1. The molecule has 1 aromatic carbocycles. The van der Waals surface area contributed by atoms with Crippen molar-refractivity contribution in [2.75, 3.05) is 7.11 Å². The van der Waals surface area contributed by atoms with Crippen LogP contribution in [-0.4, -0.2) is 31.8 Å². The molecule has 0 amide bonds. The Morgan fingerprint density at radius 1 is 1.38 bits per heavy atom. The van der Waals surface area contributed by atoms with Crippen LogP contribution in [-0.2, 0) is 21.3 Å².